The van der Waals surface area contributed by atoms with Crippen molar-refractivity contribution in [3.8, 4) is 12.1 Å². The van der Waals surface area contributed by atoms with Crippen LogP contribution in [0, 0.1) is 22.7 Å². The van der Waals surface area contributed by atoms with E-state index in [1.165, 1.54) is 11.8 Å². The lowest BCUT2D eigenvalue weighted by Crippen LogP contribution is -2.34. The van der Waals surface area contributed by atoms with Gasteiger partial charge in [-0.1, -0.05) is 11.8 Å². The number of hydrogen-bond acceptors (Lipinski definition) is 6. The summed E-state index contributed by atoms with van der Waals surface area (Å²) in [5.41, 5.74) is 0. The SMILES string of the molecule is CCn1c(SCC(=O)N(CCC#N)CCC#N)nnc1C1CC1. The maximum absolute atomic E-state index is 12.3. The number of amides is 1. The van der Waals surface area contributed by atoms with Crippen LogP contribution in [-0.2, 0) is 11.3 Å². The van der Waals surface area contributed by atoms with Crippen molar-refractivity contribution in [2.45, 2.75) is 50.2 Å². The molecule has 1 amide bonds. The lowest BCUT2D eigenvalue weighted by molar-refractivity contribution is -0.128. The predicted molar refractivity (Wildman–Crippen MR) is 85.4 cm³/mol. The molecular formula is C15H20N6OS. The Kier molecular flexibility index (Phi) is 6.42. The average Bonchev–Trinajstić information content (AvgIpc) is 3.32. The van der Waals surface area contributed by atoms with Gasteiger partial charge in [-0.15, -0.1) is 10.2 Å². The smallest absolute Gasteiger partial charge is 0.233 e. The molecule has 0 unspecified atom stereocenters. The molecule has 1 aliphatic rings. The zero-order valence-corrected chi connectivity index (χ0v) is 14.1. The lowest BCUT2D eigenvalue weighted by atomic mass is 10.3. The molecule has 1 fully saturated rings. The van der Waals surface area contributed by atoms with E-state index in [1.807, 2.05) is 19.1 Å². The first-order valence-corrected chi connectivity index (χ1v) is 8.77. The molecule has 7 nitrogen and oxygen atoms in total. The van der Waals surface area contributed by atoms with E-state index in [9.17, 15) is 4.79 Å². The molecule has 8 heteroatoms. The van der Waals surface area contributed by atoms with Crippen LogP contribution in [0.3, 0.4) is 0 Å². The summed E-state index contributed by atoms with van der Waals surface area (Å²) < 4.78 is 2.07. The average molecular weight is 332 g/mol. The van der Waals surface area contributed by atoms with Gasteiger partial charge in [0.15, 0.2) is 5.16 Å². The third kappa shape index (κ3) is 4.70. The summed E-state index contributed by atoms with van der Waals surface area (Å²) in [5, 5.41) is 26.6. The summed E-state index contributed by atoms with van der Waals surface area (Å²) >= 11 is 1.37. The second kappa shape index (κ2) is 8.54. The second-order valence-corrected chi connectivity index (χ2v) is 6.29. The molecule has 0 spiro atoms. The molecule has 0 radical (unpaired) electrons. The van der Waals surface area contributed by atoms with Gasteiger partial charge in [-0.05, 0) is 19.8 Å². The molecular weight excluding hydrogens is 312 g/mol. The molecule has 23 heavy (non-hydrogen) atoms. The van der Waals surface area contributed by atoms with Gasteiger partial charge in [-0.25, -0.2) is 0 Å². The van der Waals surface area contributed by atoms with Crippen LogP contribution in [0.4, 0.5) is 0 Å². The summed E-state index contributed by atoms with van der Waals surface area (Å²) in [7, 11) is 0. The maximum atomic E-state index is 12.3. The molecule has 1 aliphatic carbocycles. The highest BCUT2D eigenvalue weighted by molar-refractivity contribution is 7.99. The summed E-state index contributed by atoms with van der Waals surface area (Å²) in [4.78, 5) is 13.9. The maximum Gasteiger partial charge on any atom is 0.233 e. The molecule has 0 saturated heterocycles. The van der Waals surface area contributed by atoms with Crippen molar-refractivity contribution in [3.05, 3.63) is 5.82 Å². The number of thioether (sulfide) groups is 1. The quantitative estimate of drug-likeness (QED) is 0.641. The Morgan fingerprint density at radius 2 is 1.96 bits per heavy atom. The number of carbonyl (C=O) groups is 1. The fourth-order valence-corrected chi connectivity index (χ4v) is 3.21. The van der Waals surface area contributed by atoms with Crippen LogP contribution in [0.2, 0.25) is 0 Å². The number of nitrogens with zero attached hydrogens (tertiary/aromatic N) is 6. The van der Waals surface area contributed by atoms with Crippen molar-refractivity contribution in [2.24, 2.45) is 0 Å². The van der Waals surface area contributed by atoms with Crippen LogP contribution >= 0.6 is 11.8 Å². The highest BCUT2D eigenvalue weighted by Crippen LogP contribution is 2.39. The van der Waals surface area contributed by atoms with E-state index in [0.717, 1.165) is 30.4 Å². The van der Waals surface area contributed by atoms with Crippen molar-refractivity contribution >= 4 is 17.7 Å². The third-order valence-electron chi connectivity index (χ3n) is 3.67. The predicted octanol–water partition coefficient (Wildman–Crippen LogP) is 1.92. The van der Waals surface area contributed by atoms with Gasteiger partial charge in [0, 0.05) is 25.6 Å². The fraction of sp³-hybridized carbons (Fsp3) is 0.667. The summed E-state index contributed by atoms with van der Waals surface area (Å²) in [6, 6.07) is 4.07. The van der Waals surface area contributed by atoms with Crippen molar-refractivity contribution in [1.29, 1.82) is 10.5 Å². The molecule has 0 bridgehead atoms. The second-order valence-electron chi connectivity index (χ2n) is 5.34. The fourth-order valence-electron chi connectivity index (χ4n) is 2.30. The zero-order chi connectivity index (χ0) is 16.7. The molecule has 0 aliphatic heterocycles. The normalized spacial score (nSPS) is 13.3. The Morgan fingerprint density at radius 1 is 1.30 bits per heavy atom. The standard InChI is InChI=1S/C15H20N6OS/c1-2-21-14(12-5-6-12)18-19-15(21)23-11-13(22)20(9-3-7-16)10-4-8-17/h12H,2-6,9-11H2,1H3. The van der Waals surface area contributed by atoms with Crippen LogP contribution in [0.5, 0.6) is 0 Å². The Morgan fingerprint density at radius 3 is 2.48 bits per heavy atom. The first-order chi connectivity index (χ1) is 11.2. The van der Waals surface area contributed by atoms with Crippen molar-refractivity contribution < 1.29 is 4.79 Å². The van der Waals surface area contributed by atoms with Gasteiger partial charge >= 0.3 is 0 Å². The zero-order valence-electron chi connectivity index (χ0n) is 13.2. The summed E-state index contributed by atoms with van der Waals surface area (Å²) in [5.74, 6) is 1.72. The van der Waals surface area contributed by atoms with Gasteiger partial charge in [-0.3, -0.25) is 4.79 Å². The van der Waals surface area contributed by atoms with Crippen molar-refractivity contribution in [3.63, 3.8) is 0 Å². The molecule has 122 valence electrons. The molecule has 1 aromatic rings. The topological polar surface area (TPSA) is 98.6 Å². The van der Waals surface area contributed by atoms with E-state index >= 15 is 0 Å². The Balaban J connectivity index is 1.94. The Hall–Kier alpha value is -2.06. The first-order valence-electron chi connectivity index (χ1n) is 7.78. The number of hydrogen-bond donors (Lipinski definition) is 0. The monoisotopic (exact) mass is 332 g/mol. The van der Waals surface area contributed by atoms with E-state index in [4.69, 9.17) is 10.5 Å². The van der Waals surface area contributed by atoms with Crippen LogP contribution < -0.4 is 0 Å². The minimum Gasteiger partial charge on any atom is -0.340 e. The number of aromatic nitrogens is 3. The molecule has 0 atom stereocenters. The minimum absolute atomic E-state index is 0.0703. The van der Waals surface area contributed by atoms with E-state index in [0.29, 0.717) is 19.0 Å². The van der Waals surface area contributed by atoms with Gasteiger partial charge in [-0.2, -0.15) is 10.5 Å². The summed E-state index contributed by atoms with van der Waals surface area (Å²) in [6.07, 6.45) is 2.88. The molecule has 0 N–H and O–H groups in total. The van der Waals surface area contributed by atoms with E-state index in [-0.39, 0.29) is 24.5 Å². The molecule has 1 saturated carbocycles. The molecule has 0 aromatic carbocycles. The van der Waals surface area contributed by atoms with Crippen LogP contribution in [0.1, 0.15) is 44.3 Å². The van der Waals surface area contributed by atoms with Crippen molar-refractivity contribution in [1.82, 2.24) is 19.7 Å². The van der Waals surface area contributed by atoms with E-state index < -0.39 is 0 Å². The molecule has 2 rings (SSSR count). The van der Waals surface area contributed by atoms with Gasteiger partial charge in [0.05, 0.1) is 30.7 Å². The molecule has 1 heterocycles. The Bertz CT molecular complexity index is 607. The van der Waals surface area contributed by atoms with E-state index in [2.05, 4.69) is 14.8 Å². The summed E-state index contributed by atoms with van der Waals surface area (Å²) in [6.45, 7) is 3.58. The van der Waals surface area contributed by atoms with Gasteiger partial charge in [0.25, 0.3) is 0 Å². The van der Waals surface area contributed by atoms with Gasteiger partial charge in [0.1, 0.15) is 5.82 Å². The van der Waals surface area contributed by atoms with Gasteiger partial charge < -0.3 is 9.47 Å². The molecule has 1 aromatic heterocycles. The van der Waals surface area contributed by atoms with E-state index in [1.54, 1.807) is 4.90 Å². The van der Waals surface area contributed by atoms with Crippen LogP contribution in [-0.4, -0.2) is 44.4 Å². The number of rotatable bonds is 9. The first kappa shape index (κ1) is 17.3. The third-order valence-corrected chi connectivity index (χ3v) is 4.62. The lowest BCUT2D eigenvalue weighted by Gasteiger charge is -2.20. The Labute approximate surface area is 140 Å². The minimum atomic E-state index is -0.0703. The largest absolute Gasteiger partial charge is 0.340 e. The number of nitriles is 2. The van der Waals surface area contributed by atoms with Crippen LogP contribution in [0.15, 0.2) is 5.16 Å². The highest BCUT2D eigenvalue weighted by Gasteiger charge is 2.30. The highest BCUT2D eigenvalue weighted by atomic mass is 32.2. The van der Waals surface area contributed by atoms with Gasteiger partial charge in [0.2, 0.25) is 5.91 Å². The number of carbonyl (C=O) groups excluding carboxylic acids is 1. The van der Waals surface area contributed by atoms with Crippen molar-refractivity contribution in [2.75, 3.05) is 18.8 Å². The van der Waals surface area contributed by atoms with Crippen LogP contribution in [0.25, 0.3) is 0 Å².